The second kappa shape index (κ2) is 3.59. The van der Waals surface area contributed by atoms with Crippen molar-refractivity contribution in [2.45, 2.75) is 6.92 Å². The molecule has 0 aliphatic heterocycles. The van der Waals surface area contributed by atoms with Crippen LogP contribution in [0, 0.1) is 6.92 Å². The molecule has 0 bridgehead atoms. The summed E-state index contributed by atoms with van der Waals surface area (Å²) in [5, 5.41) is 6.58. The first-order valence-electron chi connectivity index (χ1n) is 5.10. The Morgan fingerprint density at radius 2 is 2.18 bits per heavy atom. The van der Waals surface area contributed by atoms with Crippen molar-refractivity contribution in [3.8, 4) is 11.4 Å². The van der Waals surface area contributed by atoms with Crippen molar-refractivity contribution in [2.75, 3.05) is 5.73 Å². The van der Waals surface area contributed by atoms with Crippen LogP contribution in [0.3, 0.4) is 0 Å². The molecule has 6 heteroatoms. The highest BCUT2D eigenvalue weighted by molar-refractivity contribution is 9.10. The number of hydrogen-bond acceptors (Lipinski definition) is 3. The lowest BCUT2D eigenvalue weighted by Gasteiger charge is -1.94. The van der Waals surface area contributed by atoms with E-state index in [9.17, 15) is 0 Å². The third kappa shape index (κ3) is 1.61. The topological polar surface area (TPSA) is 83.4 Å². The van der Waals surface area contributed by atoms with E-state index in [-0.39, 0.29) is 0 Å². The van der Waals surface area contributed by atoms with Gasteiger partial charge in [-0.05, 0) is 24.6 Å². The molecular formula is C11H10BrN5. The number of aromatic nitrogens is 4. The fourth-order valence-electron chi connectivity index (χ4n) is 1.86. The van der Waals surface area contributed by atoms with Gasteiger partial charge in [0.2, 0.25) is 0 Å². The van der Waals surface area contributed by atoms with E-state index >= 15 is 0 Å². The molecule has 2 heterocycles. The van der Waals surface area contributed by atoms with Gasteiger partial charge in [-0.15, -0.1) is 0 Å². The van der Waals surface area contributed by atoms with E-state index in [2.05, 4.69) is 36.1 Å². The van der Waals surface area contributed by atoms with Gasteiger partial charge in [-0.1, -0.05) is 15.9 Å². The number of H-pyrrole nitrogens is 2. The molecule has 3 rings (SSSR count). The summed E-state index contributed by atoms with van der Waals surface area (Å²) in [6, 6.07) is 4.03. The van der Waals surface area contributed by atoms with Crippen molar-refractivity contribution >= 4 is 32.8 Å². The van der Waals surface area contributed by atoms with E-state index in [1.54, 1.807) is 6.20 Å². The molecule has 2 aromatic heterocycles. The molecule has 0 saturated heterocycles. The second-order valence-corrected chi connectivity index (χ2v) is 4.82. The Morgan fingerprint density at radius 1 is 1.35 bits per heavy atom. The smallest absolute Gasteiger partial charge is 0.143 e. The van der Waals surface area contributed by atoms with E-state index in [1.807, 2.05) is 19.1 Å². The minimum atomic E-state index is 0.515. The van der Waals surface area contributed by atoms with Crippen LogP contribution in [0.2, 0.25) is 0 Å². The predicted molar refractivity (Wildman–Crippen MR) is 70.5 cm³/mol. The van der Waals surface area contributed by atoms with Crippen LogP contribution in [-0.2, 0) is 0 Å². The number of nitrogen functional groups attached to an aromatic ring is 1. The first-order chi connectivity index (χ1) is 8.15. The predicted octanol–water partition coefficient (Wildman–Crippen LogP) is 2.61. The summed E-state index contributed by atoms with van der Waals surface area (Å²) >= 11 is 3.46. The van der Waals surface area contributed by atoms with Crippen molar-refractivity contribution < 1.29 is 0 Å². The van der Waals surface area contributed by atoms with E-state index < -0.39 is 0 Å². The fraction of sp³-hybridized carbons (Fsp3) is 0.0909. The number of nitrogens with zero attached hydrogens (tertiary/aromatic N) is 2. The first-order valence-corrected chi connectivity index (χ1v) is 5.89. The number of nitrogens with one attached hydrogen (secondary N) is 2. The van der Waals surface area contributed by atoms with Crippen molar-refractivity contribution in [1.82, 2.24) is 20.2 Å². The third-order valence-electron chi connectivity index (χ3n) is 2.67. The van der Waals surface area contributed by atoms with Crippen LogP contribution in [0.25, 0.3) is 22.4 Å². The average Bonchev–Trinajstić information content (AvgIpc) is 2.83. The molecule has 0 fully saturated rings. The summed E-state index contributed by atoms with van der Waals surface area (Å²) in [5.41, 5.74) is 9.60. The van der Waals surface area contributed by atoms with Crippen LogP contribution in [0.1, 0.15) is 5.56 Å². The molecule has 3 aromatic rings. The number of anilines is 1. The quantitative estimate of drug-likeness (QED) is 0.644. The van der Waals surface area contributed by atoms with Gasteiger partial charge in [0.05, 0.1) is 22.8 Å². The molecule has 0 radical (unpaired) electrons. The lowest BCUT2D eigenvalue weighted by Crippen LogP contribution is -1.88. The Hall–Kier alpha value is -1.82. The average molecular weight is 292 g/mol. The Labute approximate surface area is 106 Å². The number of halogens is 1. The highest BCUT2D eigenvalue weighted by Crippen LogP contribution is 2.27. The number of imidazole rings is 1. The Morgan fingerprint density at radius 3 is 2.88 bits per heavy atom. The van der Waals surface area contributed by atoms with Crippen molar-refractivity contribution in [3.05, 3.63) is 28.4 Å². The Kier molecular flexibility index (Phi) is 2.19. The molecule has 86 valence electrons. The van der Waals surface area contributed by atoms with Crippen LogP contribution in [0.4, 0.5) is 5.82 Å². The Balaban J connectivity index is 2.27. The number of nitrogens with two attached hydrogens (primary N) is 1. The van der Waals surface area contributed by atoms with Gasteiger partial charge in [0.1, 0.15) is 11.6 Å². The van der Waals surface area contributed by atoms with Crippen molar-refractivity contribution in [1.29, 1.82) is 0 Å². The molecule has 0 aliphatic carbocycles. The number of aryl methyl sites for hydroxylation is 1. The van der Waals surface area contributed by atoms with Crippen LogP contribution in [0.15, 0.2) is 22.8 Å². The van der Waals surface area contributed by atoms with Crippen LogP contribution in [-0.4, -0.2) is 20.2 Å². The molecule has 17 heavy (non-hydrogen) atoms. The molecule has 0 unspecified atom stereocenters. The molecule has 0 spiro atoms. The maximum absolute atomic E-state index is 5.78. The number of fused-ring (bicyclic) bond motifs is 1. The summed E-state index contributed by atoms with van der Waals surface area (Å²) < 4.78 is 1.03. The third-order valence-corrected chi connectivity index (χ3v) is 3.12. The first kappa shape index (κ1) is 10.3. The van der Waals surface area contributed by atoms with Crippen molar-refractivity contribution in [3.63, 3.8) is 0 Å². The monoisotopic (exact) mass is 291 g/mol. The zero-order valence-corrected chi connectivity index (χ0v) is 10.7. The number of benzene rings is 1. The molecule has 0 atom stereocenters. The summed E-state index contributed by atoms with van der Waals surface area (Å²) in [6.07, 6.45) is 1.66. The summed E-state index contributed by atoms with van der Waals surface area (Å²) in [4.78, 5) is 7.78. The zero-order valence-electron chi connectivity index (χ0n) is 9.08. The maximum atomic E-state index is 5.78. The van der Waals surface area contributed by atoms with Crippen LogP contribution in [0.5, 0.6) is 0 Å². The summed E-state index contributed by atoms with van der Waals surface area (Å²) in [6.45, 7) is 2.02. The van der Waals surface area contributed by atoms with Crippen molar-refractivity contribution in [2.24, 2.45) is 0 Å². The van der Waals surface area contributed by atoms with Crippen LogP contribution >= 0.6 is 15.9 Å². The van der Waals surface area contributed by atoms with Gasteiger partial charge in [0, 0.05) is 4.47 Å². The fourth-order valence-corrected chi connectivity index (χ4v) is 2.43. The van der Waals surface area contributed by atoms with Crippen LogP contribution < -0.4 is 5.73 Å². The van der Waals surface area contributed by atoms with Gasteiger partial charge < -0.3 is 10.7 Å². The molecule has 0 saturated carbocycles. The van der Waals surface area contributed by atoms with Gasteiger partial charge in [0.15, 0.2) is 0 Å². The van der Waals surface area contributed by atoms with E-state index in [0.717, 1.165) is 32.5 Å². The number of rotatable bonds is 1. The standard InChI is InChI=1S/C11H10BrN5/c1-5-2-6(12)3-8-9(5)16-11(15-8)7-4-14-17-10(7)13/h2-4H,1H3,(H,15,16)(H3,13,14,17). The molecular weight excluding hydrogens is 282 g/mol. The zero-order chi connectivity index (χ0) is 12.0. The van der Waals surface area contributed by atoms with Gasteiger partial charge in [0.25, 0.3) is 0 Å². The highest BCUT2D eigenvalue weighted by Gasteiger charge is 2.11. The van der Waals surface area contributed by atoms with E-state index in [0.29, 0.717) is 5.82 Å². The highest BCUT2D eigenvalue weighted by atomic mass is 79.9. The summed E-state index contributed by atoms with van der Waals surface area (Å²) in [7, 11) is 0. The number of hydrogen-bond donors (Lipinski definition) is 3. The molecule has 4 N–H and O–H groups in total. The molecule has 0 aliphatic rings. The van der Waals surface area contributed by atoms with Gasteiger partial charge in [-0.3, -0.25) is 5.10 Å². The second-order valence-electron chi connectivity index (χ2n) is 3.90. The molecule has 1 aromatic carbocycles. The minimum absolute atomic E-state index is 0.515. The number of aromatic amines is 2. The Bertz CT molecular complexity index is 697. The van der Waals surface area contributed by atoms with E-state index in [1.165, 1.54) is 0 Å². The SMILES string of the molecule is Cc1cc(Br)cc2[nH]c(-c3cn[nH]c3N)nc12. The van der Waals surface area contributed by atoms with Gasteiger partial charge in [-0.25, -0.2) is 4.98 Å². The molecule has 5 nitrogen and oxygen atoms in total. The molecule has 0 amide bonds. The normalized spacial score (nSPS) is 11.2. The van der Waals surface area contributed by atoms with Gasteiger partial charge in [-0.2, -0.15) is 5.10 Å². The largest absolute Gasteiger partial charge is 0.383 e. The minimum Gasteiger partial charge on any atom is -0.383 e. The lowest BCUT2D eigenvalue weighted by molar-refractivity contribution is 1.10. The van der Waals surface area contributed by atoms with E-state index in [4.69, 9.17) is 5.73 Å². The van der Waals surface area contributed by atoms with Gasteiger partial charge >= 0.3 is 0 Å². The maximum Gasteiger partial charge on any atom is 0.143 e. The lowest BCUT2D eigenvalue weighted by atomic mass is 10.2. The summed E-state index contributed by atoms with van der Waals surface area (Å²) in [5.74, 6) is 1.24.